The van der Waals surface area contributed by atoms with Gasteiger partial charge in [0.15, 0.2) is 5.96 Å². The number of piperidine rings is 1. The van der Waals surface area contributed by atoms with E-state index in [1.165, 1.54) is 5.56 Å². The predicted octanol–water partition coefficient (Wildman–Crippen LogP) is 2.62. The zero-order valence-electron chi connectivity index (χ0n) is 18.5. The lowest BCUT2D eigenvalue weighted by atomic mass is 9.90. The van der Waals surface area contributed by atoms with Gasteiger partial charge in [0.2, 0.25) is 10.0 Å². The van der Waals surface area contributed by atoms with Crippen molar-refractivity contribution in [2.24, 2.45) is 10.9 Å². The second-order valence-electron chi connectivity index (χ2n) is 8.25. The summed E-state index contributed by atoms with van der Waals surface area (Å²) in [6.45, 7) is 3.33. The van der Waals surface area contributed by atoms with Gasteiger partial charge in [-0.05, 0) is 50.0 Å². The van der Waals surface area contributed by atoms with Crippen LogP contribution in [0.2, 0.25) is 0 Å². The Morgan fingerprint density at radius 2 is 1.90 bits per heavy atom. The van der Waals surface area contributed by atoms with Gasteiger partial charge < -0.3 is 15.0 Å². The number of hydrogen-bond donors (Lipinski definition) is 2. The van der Waals surface area contributed by atoms with E-state index in [1.54, 1.807) is 7.05 Å². The summed E-state index contributed by atoms with van der Waals surface area (Å²) < 4.78 is 32.8. The number of benzene rings is 1. The van der Waals surface area contributed by atoms with Crippen molar-refractivity contribution in [1.82, 2.24) is 14.9 Å². The molecule has 2 fully saturated rings. The quantitative estimate of drug-likeness (QED) is 0.288. The van der Waals surface area contributed by atoms with Gasteiger partial charge >= 0.3 is 0 Å². The monoisotopic (exact) mass is 564 g/mol. The first-order chi connectivity index (χ1) is 14.6. The van der Waals surface area contributed by atoms with Crippen molar-refractivity contribution in [1.29, 1.82) is 0 Å². The second kappa shape index (κ2) is 13.6. The smallest absolute Gasteiger partial charge is 0.213 e. The van der Waals surface area contributed by atoms with Crippen molar-refractivity contribution in [2.75, 3.05) is 45.6 Å². The summed E-state index contributed by atoms with van der Waals surface area (Å²) in [4.78, 5) is 6.59. The highest BCUT2D eigenvalue weighted by Gasteiger charge is 2.22. The first-order valence-electron chi connectivity index (χ1n) is 11.1. The van der Waals surface area contributed by atoms with Crippen molar-refractivity contribution in [3.63, 3.8) is 0 Å². The number of hydrogen-bond acceptors (Lipinski definition) is 4. The number of rotatable bonds is 8. The molecule has 0 spiro atoms. The Morgan fingerprint density at radius 1 is 1.16 bits per heavy atom. The summed E-state index contributed by atoms with van der Waals surface area (Å²) in [6, 6.07) is 10.6. The Kier molecular flexibility index (Phi) is 11.6. The van der Waals surface area contributed by atoms with Crippen LogP contribution in [0.3, 0.4) is 0 Å². The summed E-state index contributed by atoms with van der Waals surface area (Å²) >= 11 is 0. The number of nitrogens with one attached hydrogen (secondary N) is 2. The number of nitrogens with zero attached hydrogens (tertiary/aromatic N) is 2. The van der Waals surface area contributed by atoms with Crippen LogP contribution in [0.25, 0.3) is 0 Å². The molecule has 0 radical (unpaired) electrons. The van der Waals surface area contributed by atoms with Crippen LogP contribution in [0.15, 0.2) is 35.3 Å². The molecule has 1 unspecified atom stereocenters. The van der Waals surface area contributed by atoms with Gasteiger partial charge in [0, 0.05) is 39.8 Å². The summed E-state index contributed by atoms with van der Waals surface area (Å²) in [5.41, 5.74) is 1.40. The molecule has 2 aliphatic heterocycles. The molecule has 9 heteroatoms. The maximum Gasteiger partial charge on any atom is 0.213 e. The Morgan fingerprint density at radius 3 is 2.55 bits per heavy atom. The molecule has 2 aliphatic rings. The summed E-state index contributed by atoms with van der Waals surface area (Å²) in [7, 11) is -1.57. The molecule has 2 heterocycles. The molecule has 2 N–H and O–H groups in total. The Hall–Kier alpha value is -0.910. The third-order valence-electron chi connectivity index (χ3n) is 5.95. The third-order valence-corrected chi connectivity index (χ3v) is 7.30. The molecular formula is C22H37IN4O3S. The van der Waals surface area contributed by atoms with E-state index in [9.17, 15) is 8.42 Å². The lowest BCUT2D eigenvalue weighted by Gasteiger charge is -2.34. The SMILES string of the molecule is CN=C(NCCS(=O)(=O)NCC1CCCCO1)N1CCC(Cc2ccccc2)CC1.I. The van der Waals surface area contributed by atoms with Crippen LogP contribution in [0.4, 0.5) is 0 Å². The fourth-order valence-electron chi connectivity index (χ4n) is 4.19. The maximum atomic E-state index is 12.3. The molecule has 3 rings (SSSR count). The lowest BCUT2D eigenvalue weighted by Crippen LogP contribution is -2.47. The Bertz CT molecular complexity index is 762. The van der Waals surface area contributed by atoms with Crippen LogP contribution in [0.5, 0.6) is 0 Å². The number of aliphatic imine (C=N–C) groups is 1. The minimum atomic E-state index is -3.32. The zero-order valence-corrected chi connectivity index (χ0v) is 21.6. The van der Waals surface area contributed by atoms with Crippen LogP contribution in [0, 0.1) is 5.92 Å². The van der Waals surface area contributed by atoms with Gasteiger partial charge in [0.25, 0.3) is 0 Å². The average Bonchev–Trinajstić information content (AvgIpc) is 2.78. The van der Waals surface area contributed by atoms with Gasteiger partial charge in [-0.25, -0.2) is 13.1 Å². The molecule has 0 bridgehead atoms. The van der Waals surface area contributed by atoms with Crippen molar-refractivity contribution >= 4 is 40.0 Å². The zero-order chi connectivity index (χ0) is 21.2. The first kappa shape index (κ1) is 26.3. The van der Waals surface area contributed by atoms with E-state index < -0.39 is 10.0 Å². The van der Waals surface area contributed by atoms with E-state index in [-0.39, 0.29) is 35.8 Å². The molecular weight excluding hydrogens is 527 g/mol. The maximum absolute atomic E-state index is 12.3. The summed E-state index contributed by atoms with van der Waals surface area (Å²) in [5.74, 6) is 1.51. The molecule has 31 heavy (non-hydrogen) atoms. The molecule has 1 atom stereocenters. The van der Waals surface area contributed by atoms with Crippen molar-refractivity contribution in [3.8, 4) is 0 Å². The summed E-state index contributed by atoms with van der Waals surface area (Å²) in [5, 5.41) is 3.22. The average molecular weight is 565 g/mol. The normalized spacial score (nSPS) is 20.9. The van der Waals surface area contributed by atoms with E-state index in [1.807, 2.05) is 0 Å². The highest BCUT2D eigenvalue weighted by Crippen LogP contribution is 2.21. The fraction of sp³-hybridized carbons (Fsp3) is 0.682. The summed E-state index contributed by atoms with van der Waals surface area (Å²) in [6.07, 6.45) is 6.46. The highest BCUT2D eigenvalue weighted by molar-refractivity contribution is 14.0. The molecule has 1 aromatic carbocycles. The molecule has 2 saturated heterocycles. The Balaban J connectivity index is 0.00000341. The van der Waals surface area contributed by atoms with Crippen molar-refractivity contribution in [2.45, 2.75) is 44.6 Å². The highest BCUT2D eigenvalue weighted by atomic mass is 127. The number of guanidine groups is 1. The van der Waals surface area contributed by atoms with E-state index >= 15 is 0 Å². The van der Waals surface area contributed by atoms with Crippen molar-refractivity contribution in [3.05, 3.63) is 35.9 Å². The number of halogens is 1. The topological polar surface area (TPSA) is 83.0 Å². The van der Waals surface area contributed by atoms with Crippen LogP contribution < -0.4 is 10.0 Å². The van der Waals surface area contributed by atoms with Gasteiger partial charge in [0.1, 0.15) is 0 Å². The van der Waals surface area contributed by atoms with Crippen molar-refractivity contribution < 1.29 is 13.2 Å². The number of ether oxygens (including phenoxy) is 1. The van der Waals surface area contributed by atoms with Gasteiger partial charge in [-0.15, -0.1) is 24.0 Å². The molecule has 0 amide bonds. The third kappa shape index (κ3) is 9.23. The number of likely N-dealkylation sites (tertiary alicyclic amines) is 1. The molecule has 0 aliphatic carbocycles. The van der Waals surface area contributed by atoms with Gasteiger partial charge in [-0.1, -0.05) is 30.3 Å². The van der Waals surface area contributed by atoms with Crippen LogP contribution >= 0.6 is 24.0 Å². The first-order valence-corrected chi connectivity index (χ1v) is 12.8. The minimum absolute atomic E-state index is 0. The van der Waals surface area contributed by atoms with E-state index in [0.29, 0.717) is 19.0 Å². The van der Waals surface area contributed by atoms with Crippen LogP contribution in [0.1, 0.15) is 37.7 Å². The minimum Gasteiger partial charge on any atom is -0.377 e. The second-order valence-corrected chi connectivity index (χ2v) is 10.2. The van der Waals surface area contributed by atoms with E-state index in [2.05, 4.69) is 50.3 Å². The van der Waals surface area contributed by atoms with Gasteiger partial charge in [-0.2, -0.15) is 0 Å². The van der Waals surface area contributed by atoms with Crippen LogP contribution in [-0.2, 0) is 21.2 Å². The predicted molar refractivity (Wildman–Crippen MR) is 137 cm³/mol. The standard InChI is InChI=1S/C22H36N4O3S.HI/c1-23-22(24-12-16-30(27,28)25-18-21-9-5-6-15-29-21)26-13-10-20(11-14-26)17-19-7-3-2-4-8-19;/h2-4,7-8,20-21,25H,5-6,9-18H2,1H3,(H,23,24);1H. The van der Waals surface area contributed by atoms with E-state index in [4.69, 9.17) is 4.74 Å². The van der Waals surface area contributed by atoms with Gasteiger partial charge in [-0.3, -0.25) is 4.99 Å². The largest absolute Gasteiger partial charge is 0.377 e. The lowest BCUT2D eigenvalue weighted by molar-refractivity contribution is 0.0200. The Labute approximate surface area is 204 Å². The number of sulfonamides is 1. The molecule has 0 saturated carbocycles. The van der Waals surface area contributed by atoms with Crippen LogP contribution in [-0.4, -0.2) is 71.0 Å². The molecule has 7 nitrogen and oxygen atoms in total. The van der Waals surface area contributed by atoms with Gasteiger partial charge in [0.05, 0.1) is 11.9 Å². The molecule has 176 valence electrons. The fourth-order valence-corrected chi connectivity index (χ4v) is 5.14. The van der Waals surface area contributed by atoms with E-state index in [0.717, 1.165) is 64.2 Å². The molecule has 0 aromatic heterocycles. The molecule has 1 aromatic rings.